The van der Waals surface area contributed by atoms with Gasteiger partial charge in [0.05, 0.1) is 11.2 Å². The van der Waals surface area contributed by atoms with Crippen LogP contribution >= 0.6 is 0 Å². The highest BCUT2D eigenvalue weighted by molar-refractivity contribution is 7.81. The molecule has 0 unspecified atom stereocenters. The Labute approximate surface area is 118 Å². The van der Waals surface area contributed by atoms with Crippen molar-refractivity contribution >= 4 is 23.1 Å². The molecule has 1 aliphatic heterocycles. The molecule has 20 heavy (non-hydrogen) atoms. The zero-order valence-corrected chi connectivity index (χ0v) is 12.5. The molecule has 0 bridgehead atoms. The number of benzene rings is 1. The molecule has 1 aliphatic rings. The van der Waals surface area contributed by atoms with Gasteiger partial charge in [0, 0.05) is 0 Å². The summed E-state index contributed by atoms with van der Waals surface area (Å²) in [6.07, 6.45) is 0. The van der Waals surface area contributed by atoms with E-state index in [2.05, 4.69) is 4.18 Å². The lowest BCUT2D eigenvalue weighted by atomic mass is 9.79. The lowest BCUT2D eigenvalue weighted by molar-refractivity contribution is 0.00578. The molecule has 0 spiro atoms. The molecule has 0 aromatic heterocycles. The standard InChI is InChI=1S/C12H16BFO5S/c1-11(2)12(3,4)19-13(18-11)9-6-5-7-10(8-9)17-20(14,15)16/h5-8H,1-4H3. The summed E-state index contributed by atoms with van der Waals surface area (Å²) < 4.78 is 49.3. The molecule has 5 nitrogen and oxygen atoms in total. The molecule has 1 aromatic carbocycles. The number of rotatable bonds is 3. The minimum Gasteiger partial charge on any atom is -0.399 e. The van der Waals surface area contributed by atoms with Crippen LogP contribution in [-0.4, -0.2) is 26.7 Å². The second kappa shape index (κ2) is 4.72. The Balaban J connectivity index is 2.25. The van der Waals surface area contributed by atoms with Crippen LogP contribution < -0.4 is 9.65 Å². The third-order valence-electron chi connectivity index (χ3n) is 3.58. The molecule has 1 saturated heterocycles. The van der Waals surface area contributed by atoms with Crippen molar-refractivity contribution in [3.05, 3.63) is 24.3 Å². The highest BCUT2D eigenvalue weighted by Crippen LogP contribution is 2.36. The predicted octanol–water partition coefficient (Wildman–Crippen LogP) is 1.58. The summed E-state index contributed by atoms with van der Waals surface area (Å²) in [7, 11) is -5.71. The van der Waals surface area contributed by atoms with Gasteiger partial charge >= 0.3 is 17.6 Å². The second-order valence-corrected chi connectivity index (χ2v) is 6.59. The Bertz CT molecular complexity index is 598. The van der Waals surface area contributed by atoms with Crippen molar-refractivity contribution in [2.75, 3.05) is 0 Å². The van der Waals surface area contributed by atoms with E-state index in [1.807, 2.05) is 27.7 Å². The van der Waals surface area contributed by atoms with Crippen molar-refractivity contribution in [2.24, 2.45) is 0 Å². The van der Waals surface area contributed by atoms with Crippen molar-refractivity contribution in [1.82, 2.24) is 0 Å². The van der Waals surface area contributed by atoms with Crippen LogP contribution in [-0.2, 0) is 19.8 Å². The van der Waals surface area contributed by atoms with Crippen LogP contribution in [0.5, 0.6) is 5.75 Å². The fourth-order valence-corrected chi connectivity index (χ4v) is 2.14. The van der Waals surface area contributed by atoms with Crippen molar-refractivity contribution in [1.29, 1.82) is 0 Å². The molecule has 0 amide bonds. The normalized spacial score (nSPS) is 20.9. The minimum absolute atomic E-state index is 0.125. The molecule has 8 heteroatoms. The Hall–Kier alpha value is -1.12. The summed E-state index contributed by atoms with van der Waals surface area (Å²) in [5, 5.41) is 0. The van der Waals surface area contributed by atoms with Gasteiger partial charge in [0.1, 0.15) is 5.75 Å². The Morgan fingerprint density at radius 2 is 1.70 bits per heavy atom. The molecular formula is C12H16BFO5S. The third-order valence-corrected chi connectivity index (χ3v) is 3.97. The first-order chi connectivity index (χ1) is 9.00. The van der Waals surface area contributed by atoms with E-state index in [1.54, 1.807) is 12.1 Å². The van der Waals surface area contributed by atoms with Crippen molar-refractivity contribution in [2.45, 2.75) is 38.9 Å². The van der Waals surface area contributed by atoms with Gasteiger partial charge in [-0.25, -0.2) is 0 Å². The van der Waals surface area contributed by atoms with E-state index in [9.17, 15) is 12.3 Å². The van der Waals surface area contributed by atoms with E-state index in [4.69, 9.17) is 9.31 Å². The summed E-state index contributed by atoms with van der Waals surface area (Å²) >= 11 is 0. The van der Waals surface area contributed by atoms with E-state index in [-0.39, 0.29) is 5.75 Å². The summed E-state index contributed by atoms with van der Waals surface area (Å²) in [6.45, 7) is 7.61. The topological polar surface area (TPSA) is 61.8 Å². The number of hydrogen-bond donors (Lipinski definition) is 0. The summed E-state index contributed by atoms with van der Waals surface area (Å²) in [5.74, 6) is -0.125. The average Bonchev–Trinajstić information content (AvgIpc) is 2.46. The third kappa shape index (κ3) is 3.13. The van der Waals surface area contributed by atoms with Gasteiger partial charge in [0.25, 0.3) is 0 Å². The SMILES string of the molecule is CC1(C)OB(c2cccc(OS(=O)(=O)F)c2)OC1(C)C. The van der Waals surface area contributed by atoms with E-state index in [0.29, 0.717) is 5.46 Å². The van der Waals surface area contributed by atoms with Gasteiger partial charge in [-0.05, 0) is 45.3 Å². The zero-order chi connectivity index (χ0) is 15.2. The zero-order valence-electron chi connectivity index (χ0n) is 11.7. The Kier molecular flexibility index (Phi) is 3.60. The molecule has 0 aliphatic carbocycles. The first kappa shape index (κ1) is 15.3. The molecule has 0 saturated carbocycles. The Morgan fingerprint density at radius 1 is 1.15 bits per heavy atom. The van der Waals surface area contributed by atoms with Crippen LogP contribution in [0.2, 0.25) is 0 Å². The van der Waals surface area contributed by atoms with Gasteiger partial charge in [-0.2, -0.15) is 8.42 Å². The van der Waals surface area contributed by atoms with E-state index in [1.165, 1.54) is 12.1 Å². The van der Waals surface area contributed by atoms with Crippen molar-refractivity contribution in [3.63, 3.8) is 0 Å². The molecule has 1 aromatic rings. The fraction of sp³-hybridized carbons (Fsp3) is 0.500. The predicted molar refractivity (Wildman–Crippen MR) is 72.8 cm³/mol. The van der Waals surface area contributed by atoms with E-state index < -0.39 is 28.8 Å². The van der Waals surface area contributed by atoms with Crippen LogP contribution in [0.25, 0.3) is 0 Å². The summed E-state index contributed by atoms with van der Waals surface area (Å²) in [6, 6.07) is 5.95. The first-order valence-electron chi connectivity index (χ1n) is 6.10. The van der Waals surface area contributed by atoms with Crippen LogP contribution in [0.1, 0.15) is 27.7 Å². The van der Waals surface area contributed by atoms with Gasteiger partial charge in [0.2, 0.25) is 0 Å². The average molecular weight is 302 g/mol. The summed E-state index contributed by atoms with van der Waals surface area (Å²) in [5.41, 5.74) is -0.466. The molecular weight excluding hydrogens is 286 g/mol. The molecule has 1 heterocycles. The number of hydrogen-bond acceptors (Lipinski definition) is 5. The Morgan fingerprint density at radius 3 is 2.20 bits per heavy atom. The van der Waals surface area contributed by atoms with Gasteiger partial charge < -0.3 is 13.5 Å². The monoisotopic (exact) mass is 302 g/mol. The van der Waals surface area contributed by atoms with E-state index >= 15 is 0 Å². The van der Waals surface area contributed by atoms with Crippen molar-refractivity contribution < 1.29 is 25.8 Å². The molecule has 0 atom stereocenters. The maximum Gasteiger partial charge on any atom is 0.494 e. The fourth-order valence-electron chi connectivity index (χ4n) is 1.81. The highest BCUT2D eigenvalue weighted by Gasteiger charge is 2.51. The van der Waals surface area contributed by atoms with Crippen LogP contribution in [0.3, 0.4) is 0 Å². The largest absolute Gasteiger partial charge is 0.494 e. The van der Waals surface area contributed by atoms with Gasteiger partial charge in [-0.3, -0.25) is 0 Å². The van der Waals surface area contributed by atoms with Crippen molar-refractivity contribution in [3.8, 4) is 5.75 Å². The van der Waals surface area contributed by atoms with Gasteiger partial charge in [-0.15, -0.1) is 0 Å². The maximum atomic E-state index is 12.5. The summed E-state index contributed by atoms with van der Waals surface area (Å²) in [4.78, 5) is 0. The quantitative estimate of drug-likeness (QED) is 0.626. The highest BCUT2D eigenvalue weighted by atomic mass is 32.3. The lowest BCUT2D eigenvalue weighted by Crippen LogP contribution is -2.41. The van der Waals surface area contributed by atoms with Crippen LogP contribution in [0.4, 0.5) is 3.89 Å². The molecule has 0 radical (unpaired) electrons. The van der Waals surface area contributed by atoms with Gasteiger partial charge in [0.15, 0.2) is 0 Å². The first-order valence-corrected chi connectivity index (χ1v) is 7.41. The minimum atomic E-state index is -5.04. The maximum absolute atomic E-state index is 12.5. The van der Waals surface area contributed by atoms with E-state index in [0.717, 1.165) is 0 Å². The smallest absolute Gasteiger partial charge is 0.399 e. The van der Waals surface area contributed by atoms with Gasteiger partial charge in [-0.1, -0.05) is 16.0 Å². The molecule has 110 valence electrons. The molecule has 1 fully saturated rings. The van der Waals surface area contributed by atoms with Crippen LogP contribution in [0.15, 0.2) is 24.3 Å². The molecule has 0 N–H and O–H groups in total. The lowest BCUT2D eigenvalue weighted by Gasteiger charge is -2.32. The molecule has 2 rings (SSSR count). The second-order valence-electron chi connectivity index (χ2n) is 5.64. The number of halogens is 1. The van der Waals surface area contributed by atoms with Crippen LogP contribution in [0, 0.1) is 0 Å².